The molecule has 1 fully saturated rings. The van der Waals surface area contributed by atoms with Gasteiger partial charge in [-0.1, -0.05) is 48.5 Å². The molecule has 4 heteroatoms. The Kier molecular flexibility index (Phi) is 4.28. The summed E-state index contributed by atoms with van der Waals surface area (Å²) in [7, 11) is 2.00. The Hall–Kier alpha value is -2.59. The minimum atomic E-state index is 0.149. The van der Waals surface area contributed by atoms with Crippen LogP contribution in [0.4, 0.5) is 0 Å². The summed E-state index contributed by atoms with van der Waals surface area (Å²) in [6.45, 7) is 4.37. The van der Waals surface area contributed by atoms with Crippen molar-refractivity contribution in [2.45, 2.75) is 6.54 Å². The van der Waals surface area contributed by atoms with Crippen molar-refractivity contribution in [3.63, 3.8) is 0 Å². The summed E-state index contributed by atoms with van der Waals surface area (Å²) in [5.74, 6) is 0.149. The van der Waals surface area contributed by atoms with Crippen molar-refractivity contribution in [2.75, 3.05) is 26.2 Å². The van der Waals surface area contributed by atoms with Gasteiger partial charge in [0.15, 0.2) is 0 Å². The van der Waals surface area contributed by atoms with E-state index in [0.717, 1.165) is 49.2 Å². The molecule has 0 atom stereocenters. The Bertz CT molecular complexity index is 877. The van der Waals surface area contributed by atoms with Gasteiger partial charge in [-0.3, -0.25) is 9.69 Å². The van der Waals surface area contributed by atoms with Gasteiger partial charge in [0, 0.05) is 56.9 Å². The zero-order valence-corrected chi connectivity index (χ0v) is 14.6. The van der Waals surface area contributed by atoms with Crippen molar-refractivity contribution < 1.29 is 4.79 Å². The van der Waals surface area contributed by atoms with Gasteiger partial charge < -0.3 is 9.47 Å². The van der Waals surface area contributed by atoms with Crippen LogP contribution < -0.4 is 0 Å². The van der Waals surface area contributed by atoms with Crippen molar-refractivity contribution in [2.24, 2.45) is 7.05 Å². The average Bonchev–Trinajstić information content (AvgIpc) is 3.00. The summed E-state index contributed by atoms with van der Waals surface area (Å²) < 4.78 is 2.04. The maximum Gasteiger partial charge on any atom is 0.256 e. The molecule has 0 bridgehead atoms. The molecule has 2 heterocycles. The standard InChI is InChI=1S/C21H23N3O/c1-22-16-19(18-9-5-6-10-20(18)22)21(25)24-13-11-23(12-14-24)15-17-7-3-2-4-8-17/h2-10,16H,11-15H2,1H3. The highest BCUT2D eigenvalue weighted by Gasteiger charge is 2.24. The van der Waals surface area contributed by atoms with E-state index in [2.05, 4.69) is 35.2 Å². The molecule has 2 aromatic carbocycles. The van der Waals surface area contributed by atoms with Crippen LogP contribution in [0.2, 0.25) is 0 Å². The lowest BCUT2D eigenvalue weighted by Crippen LogP contribution is -2.48. The van der Waals surface area contributed by atoms with Gasteiger partial charge in [-0.2, -0.15) is 0 Å². The molecule has 128 valence electrons. The molecular weight excluding hydrogens is 310 g/mol. The van der Waals surface area contributed by atoms with Crippen LogP contribution in [0, 0.1) is 0 Å². The van der Waals surface area contributed by atoms with Gasteiger partial charge in [0.25, 0.3) is 5.91 Å². The quantitative estimate of drug-likeness (QED) is 0.737. The summed E-state index contributed by atoms with van der Waals surface area (Å²) in [4.78, 5) is 17.4. The molecule has 1 amide bonds. The van der Waals surface area contributed by atoms with E-state index in [1.807, 2.05) is 47.0 Å². The van der Waals surface area contributed by atoms with Gasteiger partial charge in [0.05, 0.1) is 5.56 Å². The first kappa shape index (κ1) is 15.9. The summed E-state index contributed by atoms with van der Waals surface area (Å²) in [5, 5.41) is 1.04. The highest BCUT2D eigenvalue weighted by Crippen LogP contribution is 2.22. The lowest BCUT2D eigenvalue weighted by atomic mass is 10.1. The van der Waals surface area contributed by atoms with Crippen LogP contribution in [0.5, 0.6) is 0 Å². The molecular formula is C21H23N3O. The number of aryl methyl sites for hydroxylation is 1. The number of amides is 1. The van der Waals surface area contributed by atoms with E-state index in [4.69, 9.17) is 0 Å². The van der Waals surface area contributed by atoms with Gasteiger partial charge in [-0.15, -0.1) is 0 Å². The molecule has 1 saturated heterocycles. The molecule has 0 spiro atoms. The second-order valence-electron chi connectivity index (χ2n) is 6.72. The Morgan fingerprint density at radius 2 is 1.60 bits per heavy atom. The molecule has 1 aromatic heterocycles. The first-order valence-electron chi connectivity index (χ1n) is 8.82. The average molecular weight is 333 g/mol. The van der Waals surface area contributed by atoms with E-state index in [9.17, 15) is 4.79 Å². The number of hydrogen-bond donors (Lipinski definition) is 0. The highest BCUT2D eigenvalue weighted by molar-refractivity contribution is 6.07. The SMILES string of the molecule is Cn1cc(C(=O)N2CCN(Cc3ccccc3)CC2)c2ccccc21. The molecule has 0 radical (unpaired) electrons. The third-order valence-electron chi connectivity index (χ3n) is 5.04. The molecule has 0 saturated carbocycles. The van der Waals surface area contributed by atoms with E-state index < -0.39 is 0 Å². The second-order valence-corrected chi connectivity index (χ2v) is 6.72. The van der Waals surface area contributed by atoms with Crippen molar-refractivity contribution in [1.82, 2.24) is 14.4 Å². The number of fused-ring (bicyclic) bond motifs is 1. The number of hydrogen-bond acceptors (Lipinski definition) is 2. The minimum absolute atomic E-state index is 0.149. The predicted molar refractivity (Wildman–Crippen MR) is 101 cm³/mol. The van der Waals surface area contributed by atoms with Crippen LogP contribution >= 0.6 is 0 Å². The minimum Gasteiger partial charge on any atom is -0.350 e. The van der Waals surface area contributed by atoms with Gasteiger partial charge >= 0.3 is 0 Å². The van der Waals surface area contributed by atoms with Gasteiger partial charge in [-0.25, -0.2) is 0 Å². The molecule has 4 nitrogen and oxygen atoms in total. The Morgan fingerprint density at radius 1 is 0.920 bits per heavy atom. The Morgan fingerprint density at radius 3 is 2.36 bits per heavy atom. The summed E-state index contributed by atoms with van der Waals surface area (Å²) >= 11 is 0. The molecule has 0 unspecified atom stereocenters. The summed E-state index contributed by atoms with van der Waals surface area (Å²) in [6, 6.07) is 18.6. The topological polar surface area (TPSA) is 28.5 Å². The number of carbonyl (C=O) groups is 1. The number of nitrogens with zero attached hydrogens (tertiary/aromatic N) is 3. The Balaban J connectivity index is 1.44. The fourth-order valence-corrected chi connectivity index (χ4v) is 3.63. The number of aromatic nitrogens is 1. The molecule has 4 rings (SSSR count). The van der Waals surface area contributed by atoms with Gasteiger partial charge in [0.2, 0.25) is 0 Å². The molecule has 3 aromatic rings. The first-order valence-corrected chi connectivity index (χ1v) is 8.82. The third-order valence-corrected chi connectivity index (χ3v) is 5.04. The number of piperazine rings is 1. The van der Waals surface area contributed by atoms with E-state index in [1.54, 1.807) is 0 Å². The van der Waals surface area contributed by atoms with Crippen LogP contribution in [-0.4, -0.2) is 46.5 Å². The fourth-order valence-electron chi connectivity index (χ4n) is 3.63. The van der Waals surface area contributed by atoms with Gasteiger partial charge in [0.1, 0.15) is 0 Å². The second kappa shape index (κ2) is 6.73. The summed E-state index contributed by atoms with van der Waals surface area (Å²) in [5.41, 5.74) is 3.25. The smallest absolute Gasteiger partial charge is 0.256 e. The number of benzene rings is 2. The largest absolute Gasteiger partial charge is 0.350 e. The van der Waals surface area contributed by atoms with Crippen molar-refractivity contribution in [3.8, 4) is 0 Å². The lowest BCUT2D eigenvalue weighted by molar-refractivity contribution is 0.0630. The predicted octanol–water partition coefficient (Wildman–Crippen LogP) is 3.14. The molecule has 1 aliphatic heterocycles. The third kappa shape index (κ3) is 3.17. The van der Waals surface area contributed by atoms with E-state index in [1.165, 1.54) is 5.56 Å². The monoisotopic (exact) mass is 333 g/mol. The van der Waals surface area contributed by atoms with Crippen LogP contribution in [-0.2, 0) is 13.6 Å². The van der Waals surface area contributed by atoms with Crippen molar-refractivity contribution >= 4 is 16.8 Å². The zero-order valence-electron chi connectivity index (χ0n) is 14.6. The van der Waals surface area contributed by atoms with E-state index in [0.29, 0.717) is 0 Å². The normalized spacial score (nSPS) is 15.6. The van der Waals surface area contributed by atoms with Crippen molar-refractivity contribution in [1.29, 1.82) is 0 Å². The molecule has 0 aliphatic carbocycles. The van der Waals surface area contributed by atoms with Crippen LogP contribution in [0.3, 0.4) is 0 Å². The van der Waals surface area contributed by atoms with Crippen LogP contribution in [0.15, 0.2) is 60.8 Å². The number of para-hydroxylation sites is 1. The van der Waals surface area contributed by atoms with Gasteiger partial charge in [-0.05, 0) is 11.6 Å². The lowest BCUT2D eigenvalue weighted by Gasteiger charge is -2.34. The highest BCUT2D eigenvalue weighted by atomic mass is 16.2. The Labute approximate surface area is 148 Å². The molecule has 0 N–H and O–H groups in total. The number of carbonyl (C=O) groups excluding carboxylic acids is 1. The van der Waals surface area contributed by atoms with Crippen molar-refractivity contribution in [3.05, 3.63) is 71.9 Å². The fraction of sp³-hybridized carbons (Fsp3) is 0.286. The maximum atomic E-state index is 13.0. The first-order chi connectivity index (χ1) is 12.2. The maximum absolute atomic E-state index is 13.0. The van der Waals surface area contributed by atoms with Crippen LogP contribution in [0.25, 0.3) is 10.9 Å². The van der Waals surface area contributed by atoms with Crippen LogP contribution in [0.1, 0.15) is 15.9 Å². The summed E-state index contributed by atoms with van der Waals surface area (Å²) in [6.07, 6.45) is 1.96. The zero-order chi connectivity index (χ0) is 17.2. The molecule has 1 aliphatic rings. The number of rotatable bonds is 3. The van der Waals surface area contributed by atoms with E-state index >= 15 is 0 Å². The van der Waals surface area contributed by atoms with E-state index in [-0.39, 0.29) is 5.91 Å². The molecule has 25 heavy (non-hydrogen) atoms.